The first kappa shape index (κ1) is 15.0. The Morgan fingerprint density at radius 1 is 1.52 bits per heavy atom. The first-order valence-electron chi connectivity index (χ1n) is 7.33. The highest BCUT2D eigenvalue weighted by Crippen LogP contribution is 2.39. The molecule has 1 N–H and O–H groups in total. The van der Waals surface area contributed by atoms with E-state index in [0.29, 0.717) is 23.5 Å². The molecule has 116 valence electrons. The average molecular weight is 358 g/mol. The molecule has 0 radical (unpaired) electrons. The summed E-state index contributed by atoms with van der Waals surface area (Å²) in [4.78, 5) is 12.2. The first-order chi connectivity index (χ1) is 10.2. The molecule has 2 unspecified atom stereocenters. The van der Waals surface area contributed by atoms with Crippen LogP contribution in [-0.4, -0.2) is 42.2 Å². The van der Waals surface area contributed by atoms with E-state index >= 15 is 0 Å². The summed E-state index contributed by atoms with van der Waals surface area (Å²) in [5.41, 5.74) is 0.605. The molecular formula is C14H20BrN3O3. The predicted octanol–water partition coefficient (Wildman–Crippen LogP) is 1.63. The summed E-state index contributed by atoms with van der Waals surface area (Å²) in [6.07, 6.45) is 5.44. The maximum absolute atomic E-state index is 12.2. The third-order valence-corrected chi connectivity index (χ3v) is 4.82. The molecule has 0 bridgehead atoms. The van der Waals surface area contributed by atoms with Crippen LogP contribution in [0.15, 0.2) is 15.5 Å². The monoisotopic (exact) mass is 357 g/mol. The lowest BCUT2D eigenvalue weighted by atomic mass is 10.1. The van der Waals surface area contributed by atoms with Crippen molar-refractivity contribution in [3.63, 3.8) is 0 Å². The molecule has 1 saturated carbocycles. The second kappa shape index (κ2) is 6.46. The number of nitrogens with zero attached hydrogens (tertiary/aromatic N) is 2. The molecule has 2 heterocycles. The molecule has 1 aliphatic heterocycles. The molecule has 2 aliphatic rings. The Morgan fingerprint density at radius 2 is 2.33 bits per heavy atom. The van der Waals surface area contributed by atoms with Gasteiger partial charge in [0, 0.05) is 13.7 Å². The number of ether oxygens (including phenoxy) is 2. The van der Waals surface area contributed by atoms with E-state index < -0.39 is 0 Å². The lowest BCUT2D eigenvalue weighted by Crippen LogP contribution is -2.33. The molecule has 6 nitrogen and oxygen atoms in total. The summed E-state index contributed by atoms with van der Waals surface area (Å²) in [7, 11) is 1.61. The third kappa shape index (κ3) is 3.30. The number of aromatic nitrogens is 2. The van der Waals surface area contributed by atoms with Gasteiger partial charge in [0.25, 0.3) is 5.56 Å². The Kier molecular flexibility index (Phi) is 4.61. The minimum Gasteiger partial charge on any atom is -0.383 e. The highest BCUT2D eigenvalue weighted by molar-refractivity contribution is 9.10. The second-order valence-electron chi connectivity index (χ2n) is 5.61. The van der Waals surface area contributed by atoms with Crippen LogP contribution >= 0.6 is 15.9 Å². The van der Waals surface area contributed by atoms with Crippen molar-refractivity contribution in [3.8, 4) is 0 Å². The zero-order chi connectivity index (χ0) is 14.8. The summed E-state index contributed by atoms with van der Waals surface area (Å²) in [6.45, 7) is 1.70. The first-order valence-corrected chi connectivity index (χ1v) is 8.12. The van der Waals surface area contributed by atoms with Crippen molar-refractivity contribution < 1.29 is 9.47 Å². The third-order valence-electron chi connectivity index (χ3n) is 4.06. The van der Waals surface area contributed by atoms with Gasteiger partial charge >= 0.3 is 0 Å². The van der Waals surface area contributed by atoms with E-state index in [2.05, 4.69) is 26.3 Å². The number of halogens is 1. The molecule has 1 saturated heterocycles. The lowest BCUT2D eigenvalue weighted by Gasteiger charge is -2.21. The Bertz CT molecular complexity index is 559. The molecule has 1 aromatic rings. The molecule has 0 amide bonds. The van der Waals surface area contributed by atoms with E-state index in [9.17, 15) is 4.79 Å². The Morgan fingerprint density at radius 3 is 3.05 bits per heavy atom. The normalized spacial score (nSPS) is 25.2. The fourth-order valence-corrected chi connectivity index (χ4v) is 3.18. The smallest absolute Gasteiger partial charge is 0.283 e. The second-order valence-corrected chi connectivity index (χ2v) is 6.40. The molecule has 7 heteroatoms. The van der Waals surface area contributed by atoms with E-state index in [-0.39, 0.29) is 17.7 Å². The topological polar surface area (TPSA) is 65.4 Å². The molecule has 1 aromatic heterocycles. The van der Waals surface area contributed by atoms with Gasteiger partial charge in [0.1, 0.15) is 4.47 Å². The maximum Gasteiger partial charge on any atom is 0.283 e. The van der Waals surface area contributed by atoms with Crippen LogP contribution in [0.3, 0.4) is 0 Å². The molecule has 1 aliphatic carbocycles. The van der Waals surface area contributed by atoms with Gasteiger partial charge in [-0.15, -0.1) is 0 Å². The van der Waals surface area contributed by atoms with Crippen molar-refractivity contribution in [3.05, 3.63) is 21.0 Å². The molecule has 2 atom stereocenters. The molecule has 2 fully saturated rings. The zero-order valence-corrected chi connectivity index (χ0v) is 13.6. The Hall–Kier alpha value is -0.920. The van der Waals surface area contributed by atoms with Crippen LogP contribution in [0.2, 0.25) is 0 Å². The predicted molar refractivity (Wildman–Crippen MR) is 82.6 cm³/mol. The summed E-state index contributed by atoms with van der Waals surface area (Å²) >= 11 is 3.39. The van der Waals surface area contributed by atoms with Crippen molar-refractivity contribution in [2.45, 2.75) is 38.0 Å². The minimum atomic E-state index is -0.140. The van der Waals surface area contributed by atoms with Crippen LogP contribution in [-0.2, 0) is 16.0 Å². The van der Waals surface area contributed by atoms with Crippen molar-refractivity contribution in [2.24, 2.45) is 5.92 Å². The van der Waals surface area contributed by atoms with Gasteiger partial charge in [-0.3, -0.25) is 4.79 Å². The highest BCUT2D eigenvalue weighted by atomic mass is 79.9. The molecule has 0 spiro atoms. The number of hydrogen-bond donors (Lipinski definition) is 1. The quantitative estimate of drug-likeness (QED) is 0.838. The van der Waals surface area contributed by atoms with Crippen LogP contribution in [0.25, 0.3) is 0 Å². The lowest BCUT2D eigenvalue weighted by molar-refractivity contribution is 0.0898. The van der Waals surface area contributed by atoms with Gasteiger partial charge in [-0.2, -0.15) is 5.10 Å². The fraction of sp³-hybridized carbons (Fsp3) is 0.714. The van der Waals surface area contributed by atoms with Crippen LogP contribution in [0.1, 0.15) is 19.3 Å². The van der Waals surface area contributed by atoms with Gasteiger partial charge in [0.15, 0.2) is 0 Å². The standard InChI is InChI=1S/C14H20BrN3O3/c1-20-7-5-18-14(19)12(15)11(8-16-18)17-10-4-6-21-13(10)9-2-3-9/h8-10,13,17H,2-7H2,1H3. The molecular weight excluding hydrogens is 338 g/mol. The summed E-state index contributed by atoms with van der Waals surface area (Å²) in [5, 5.41) is 7.62. The van der Waals surface area contributed by atoms with Crippen LogP contribution in [0.5, 0.6) is 0 Å². The largest absolute Gasteiger partial charge is 0.383 e. The molecule has 0 aromatic carbocycles. The summed E-state index contributed by atoms with van der Waals surface area (Å²) in [5.74, 6) is 0.679. The Balaban J connectivity index is 1.73. The summed E-state index contributed by atoms with van der Waals surface area (Å²) < 4.78 is 12.7. The summed E-state index contributed by atoms with van der Waals surface area (Å²) in [6, 6.07) is 0.268. The van der Waals surface area contributed by atoms with Crippen LogP contribution in [0.4, 0.5) is 5.69 Å². The van der Waals surface area contributed by atoms with E-state index in [0.717, 1.165) is 18.7 Å². The molecule has 3 rings (SSSR count). The van der Waals surface area contributed by atoms with Crippen molar-refractivity contribution in [1.29, 1.82) is 0 Å². The fourth-order valence-electron chi connectivity index (χ4n) is 2.76. The average Bonchev–Trinajstić information content (AvgIpc) is 3.23. The van der Waals surface area contributed by atoms with Gasteiger partial charge in [0.05, 0.1) is 37.2 Å². The van der Waals surface area contributed by atoms with Crippen molar-refractivity contribution >= 4 is 21.6 Å². The van der Waals surface area contributed by atoms with Gasteiger partial charge in [-0.05, 0) is 41.1 Å². The maximum atomic E-state index is 12.2. The highest BCUT2D eigenvalue weighted by Gasteiger charge is 2.40. The minimum absolute atomic E-state index is 0.140. The Labute approximate surface area is 131 Å². The van der Waals surface area contributed by atoms with E-state index in [4.69, 9.17) is 9.47 Å². The zero-order valence-electron chi connectivity index (χ0n) is 12.0. The van der Waals surface area contributed by atoms with Crippen molar-refractivity contribution in [2.75, 3.05) is 25.6 Å². The van der Waals surface area contributed by atoms with Gasteiger partial charge in [0.2, 0.25) is 0 Å². The van der Waals surface area contributed by atoms with Crippen LogP contribution < -0.4 is 10.9 Å². The SMILES string of the molecule is COCCn1ncc(NC2CCOC2C2CC2)c(Br)c1=O. The van der Waals surface area contributed by atoms with Gasteiger partial charge < -0.3 is 14.8 Å². The van der Waals surface area contributed by atoms with Gasteiger partial charge in [-0.25, -0.2) is 4.68 Å². The van der Waals surface area contributed by atoms with E-state index in [1.807, 2.05) is 0 Å². The number of methoxy groups -OCH3 is 1. The number of nitrogens with one attached hydrogen (secondary N) is 1. The number of anilines is 1. The van der Waals surface area contributed by atoms with E-state index in [1.165, 1.54) is 17.5 Å². The number of hydrogen-bond acceptors (Lipinski definition) is 5. The van der Waals surface area contributed by atoms with E-state index in [1.54, 1.807) is 13.3 Å². The van der Waals surface area contributed by atoms with Crippen molar-refractivity contribution in [1.82, 2.24) is 9.78 Å². The number of rotatable bonds is 6. The molecule has 21 heavy (non-hydrogen) atoms. The van der Waals surface area contributed by atoms with Crippen LogP contribution in [0, 0.1) is 5.92 Å². The van der Waals surface area contributed by atoms with Gasteiger partial charge in [-0.1, -0.05) is 0 Å².